The van der Waals surface area contributed by atoms with Gasteiger partial charge in [0.25, 0.3) is 0 Å². The molecule has 102 valence electrons. The van der Waals surface area contributed by atoms with Gasteiger partial charge in [0.2, 0.25) is 0 Å². The molecule has 2 rings (SSSR count). The first kappa shape index (κ1) is 14.2. The second kappa shape index (κ2) is 6.78. The lowest BCUT2D eigenvalue weighted by atomic mass is 10.2. The maximum absolute atomic E-state index is 8.99. The number of pyridine rings is 1. The van der Waals surface area contributed by atoms with Gasteiger partial charge < -0.3 is 9.47 Å². The van der Waals surface area contributed by atoms with Crippen molar-refractivity contribution >= 4 is 11.6 Å². The van der Waals surface area contributed by atoms with E-state index in [1.165, 1.54) is 0 Å². The third kappa shape index (κ3) is 3.19. The van der Waals surface area contributed by atoms with E-state index in [1.807, 2.05) is 30.3 Å². The molecule has 0 unspecified atom stereocenters. The Hall–Kier alpha value is -2.25. The largest absolute Gasteiger partial charge is 0.493 e. The monoisotopic (exact) mass is 288 g/mol. The van der Waals surface area contributed by atoms with Crippen LogP contribution < -0.4 is 9.47 Å². The topological polar surface area (TPSA) is 55.1 Å². The predicted octanol–water partition coefficient (Wildman–Crippen LogP) is 3.28. The van der Waals surface area contributed by atoms with Crippen molar-refractivity contribution in [2.45, 2.75) is 12.5 Å². The Morgan fingerprint density at radius 3 is 2.85 bits per heavy atom. The molecule has 2 aromatic rings. The molecule has 0 radical (unpaired) electrons. The molecule has 1 aromatic heterocycles. The molecule has 0 N–H and O–H groups in total. The number of halogens is 1. The van der Waals surface area contributed by atoms with Gasteiger partial charge in [-0.3, -0.25) is 0 Å². The second-order valence-corrected chi connectivity index (χ2v) is 4.30. The number of methoxy groups -OCH3 is 1. The van der Waals surface area contributed by atoms with Crippen molar-refractivity contribution in [2.75, 3.05) is 7.11 Å². The lowest BCUT2D eigenvalue weighted by Crippen LogP contribution is -2.01. The summed E-state index contributed by atoms with van der Waals surface area (Å²) < 4.78 is 11.0. The van der Waals surface area contributed by atoms with E-state index < -0.39 is 0 Å². The normalized spacial score (nSPS) is 9.85. The SMILES string of the molecule is COc1ccc(CCl)cc1OCc1cccnc1C#N. The molecule has 0 saturated heterocycles. The molecular formula is C15H13ClN2O2. The molecule has 0 aliphatic rings. The van der Waals surface area contributed by atoms with Crippen molar-refractivity contribution < 1.29 is 9.47 Å². The minimum atomic E-state index is 0.249. The third-order valence-electron chi connectivity index (χ3n) is 2.76. The number of nitrogens with zero attached hydrogens (tertiary/aromatic N) is 2. The van der Waals surface area contributed by atoms with Crippen LogP contribution in [-0.4, -0.2) is 12.1 Å². The van der Waals surface area contributed by atoms with Crippen LogP contribution in [0.15, 0.2) is 36.5 Å². The van der Waals surface area contributed by atoms with Gasteiger partial charge in [0.05, 0.1) is 7.11 Å². The fraction of sp³-hybridized carbons (Fsp3) is 0.200. The summed E-state index contributed by atoms with van der Waals surface area (Å²) in [6.07, 6.45) is 1.58. The zero-order valence-electron chi connectivity index (χ0n) is 11.0. The van der Waals surface area contributed by atoms with E-state index in [1.54, 1.807) is 19.4 Å². The van der Waals surface area contributed by atoms with Gasteiger partial charge in [-0.05, 0) is 23.8 Å². The van der Waals surface area contributed by atoms with Crippen LogP contribution in [0.1, 0.15) is 16.8 Å². The number of alkyl halides is 1. The number of benzene rings is 1. The first-order valence-corrected chi connectivity index (χ1v) is 6.51. The second-order valence-electron chi connectivity index (χ2n) is 4.03. The molecule has 5 heteroatoms. The van der Waals surface area contributed by atoms with E-state index in [9.17, 15) is 0 Å². The molecular weight excluding hydrogens is 276 g/mol. The number of aromatic nitrogens is 1. The van der Waals surface area contributed by atoms with E-state index >= 15 is 0 Å². The number of hydrogen-bond donors (Lipinski definition) is 0. The molecule has 1 heterocycles. The van der Waals surface area contributed by atoms with Crippen LogP contribution in [0.3, 0.4) is 0 Å². The summed E-state index contributed by atoms with van der Waals surface area (Å²) in [7, 11) is 1.58. The van der Waals surface area contributed by atoms with E-state index in [-0.39, 0.29) is 6.61 Å². The Balaban J connectivity index is 2.20. The molecule has 0 fully saturated rings. The maximum atomic E-state index is 8.99. The van der Waals surface area contributed by atoms with Gasteiger partial charge >= 0.3 is 0 Å². The summed E-state index contributed by atoms with van der Waals surface area (Å²) in [4.78, 5) is 3.99. The molecule has 0 saturated carbocycles. The summed E-state index contributed by atoms with van der Waals surface area (Å²) >= 11 is 5.81. The maximum Gasteiger partial charge on any atom is 0.161 e. The van der Waals surface area contributed by atoms with E-state index in [2.05, 4.69) is 4.98 Å². The number of nitriles is 1. The number of ether oxygens (including phenoxy) is 2. The Kier molecular flexibility index (Phi) is 4.80. The van der Waals surface area contributed by atoms with Crippen molar-refractivity contribution in [1.29, 1.82) is 5.26 Å². The molecule has 1 aromatic carbocycles. The van der Waals surface area contributed by atoms with Crippen molar-refractivity contribution in [3.63, 3.8) is 0 Å². The van der Waals surface area contributed by atoms with Gasteiger partial charge in [-0.2, -0.15) is 5.26 Å². The fourth-order valence-corrected chi connectivity index (χ4v) is 1.89. The Morgan fingerprint density at radius 2 is 2.15 bits per heavy atom. The predicted molar refractivity (Wildman–Crippen MR) is 75.8 cm³/mol. The lowest BCUT2D eigenvalue weighted by Gasteiger charge is -2.12. The average Bonchev–Trinajstić information content (AvgIpc) is 2.52. The quantitative estimate of drug-likeness (QED) is 0.792. The van der Waals surface area contributed by atoms with Gasteiger partial charge in [0.1, 0.15) is 18.4 Å². The summed E-state index contributed by atoms with van der Waals surface area (Å²) in [6.45, 7) is 0.249. The van der Waals surface area contributed by atoms with Crippen LogP contribution in [0.5, 0.6) is 11.5 Å². The molecule has 0 aliphatic carbocycles. The van der Waals surface area contributed by atoms with Crippen LogP contribution in [0.25, 0.3) is 0 Å². The first-order valence-electron chi connectivity index (χ1n) is 5.98. The molecule has 0 atom stereocenters. The summed E-state index contributed by atoms with van der Waals surface area (Å²) in [6, 6.07) is 11.1. The third-order valence-corrected chi connectivity index (χ3v) is 3.07. The first-order chi connectivity index (χ1) is 9.78. The van der Waals surface area contributed by atoms with Crippen LogP contribution in [-0.2, 0) is 12.5 Å². The van der Waals surface area contributed by atoms with Crippen LogP contribution in [0, 0.1) is 11.3 Å². The standard InChI is InChI=1S/C15H13ClN2O2/c1-19-14-5-4-11(8-16)7-15(14)20-10-12-3-2-6-18-13(12)9-17/h2-7H,8,10H2,1H3. The molecule has 0 aliphatic heterocycles. The van der Waals surface area contributed by atoms with Crippen molar-refractivity contribution in [2.24, 2.45) is 0 Å². The van der Waals surface area contributed by atoms with E-state index in [0.29, 0.717) is 23.1 Å². The van der Waals surface area contributed by atoms with Crippen molar-refractivity contribution in [1.82, 2.24) is 4.98 Å². The number of rotatable bonds is 5. The van der Waals surface area contributed by atoms with Crippen LogP contribution in [0.4, 0.5) is 0 Å². The van der Waals surface area contributed by atoms with Gasteiger partial charge in [0, 0.05) is 17.6 Å². The van der Waals surface area contributed by atoms with Gasteiger partial charge in [-0.1, -0.05) is 12.1 Å². The van der Waals surface area contributed by atoms with Gasteiger partial charge in [-0.25, -0.2) is 4.98 Å². The van der Waals surface area contributed by atoms with Crippen molar-refractivity contribution in [3.8, 4) is 17.6 Å². The fourth-order valence-electron chi connectivity index (χ4n) is 1.73. The molecule has 0 spiro atoms. The minimum Gasteiger partial charge on any atom is -0.493 e. The highest BCUT2D eigenvalue weighted by Crippen LogP contribution is 2.29. The summed E-state index contributed by atoms with van der Waals surface area (Å²) in [5.74, 6) is 1.62. The van der Waals surface area contributed by atoms with Crippen LogP contribution in [0.2, 0.25) is 0 Å². The lowest BCUT2D eigenvalue weighted by molar-refractivity contribution is 0.283. The molecule has 0 amide bonds. The number of hydrogen-bond acceptors (Lipinski definition) is 4. The highest BCUT2D eigenvalue weighted by atomic mass is 35.5. The van der Waals surface area contributed by atoms with Gasteiger partial charge in [-0.15, -0.1) is 11.6 Å². The Morgan fingerprint density at radius 1 is 1.30 bits per heavy atom. The highest BCUT2D eigenvalue weighted by molar-refractivity contribution is 6.17. The van der Waals surface area contributed by atoms with E-state index in [4.69, 9.17) is 26.3 Å². The van der Waals surface area contributed by atoms with Crippen LogP contribution >= 0.6 is 11.6 Å². The Bertz CT molecular complexity index is 638. The Labute approximate surface area is 122 Å². The molecule has 4 nitrogen and oxygen atoms in total. The van der Waals surface area contributed by atoms with Gasteiger partial charge in [0.15, 0.2) is 11.5 Å². The van der Waals surface area contributed by atoms with Crippen molar-refractivity contribution in [3.05, 3.63) is 53.3 Å². The zero-order valence-corrected chi connectivity index (χ0v) is 11.7. The smallest absolute Gasteiger partial charge is 0.161 e. The molecule has 20 heavy (non-hydrogen) atoms. The highest BCUT2D eigenvalue weighted by Gasteiger charge is 2.08. The summed E-state index contributed by atoms with van der Waals surface area (Å²) in [5, 5.41) is 8.99. The average molecular weight is 289 g/mol. The molecule has 0 bridgehead atoms. The zero-order chi connectivity index (χ0) is 14.4. The summed E-state index contributed by atoms with van der Waals surface area (Å²) in [5.41, 5.74) is 2.03. The van der Waals surface area contributed by atoms with E-state index in [0.717, 1.165) is 11.1 Å². The minimum absolute atomic E-state index is 0.249.